The van der Waals surface area contributed by atoms with Crippen molar-refractivity contribution in [1.29, 1.82) is 0 Å². The van der Waals surface area contributed by atoms with E-state index in [1.807, 2.05) is 18.2 Å². The molecule has 0 spiro atoms. The minimum Gasteiger partial charge on any atom is -0.329 e. The number of benzene rings is 1. The number of carbonyl (C=O) groups is 1. The monoisotopic (exact) mass is 391 g/mol. The number of halogens is 4. The lowest BCUT2D eigenvalue weighted by Crippen LogP contribution is -2.49. The van der Waals surface area contributed by atoms with Crippen molar-refractivity contribution in [3.8, 4) is 0 Å². The van der Waals surface area contributed by atoms with E-state index in [9.17, 15) is 9.18 Å². The van der Waals surface area contributed by atoms with Gasteiger partial charge in [0.15, 0.2) is 5.82 Å². The normalized spacial score (nSPS) is 16.8. The fraction of sp³-hybridized carbons (Fsp3) is 0.250. The Kier molecular flexibility index (Phi) is 7.90. The second-order valence-electron chi connectivity index (χ2n) is 5.10. The summed E-state index contributed by atoms with van der Waals surface area (Å²) in [6.45, 7) is 1.75. The van der Waals surface area contributed by atoms with Gasteiger partial charge in [0.1, 0.15) is 0 Å². The Balaban J connectivity index is 0.00000144. The Morgan fingerprint density at radius 1 is 1.29 bits per heavy atom. The van der Waals surface area contributed by atoms with Crippen LogP contribution < -0.4 is 5.32 Å². The number of aromatic nitrogens is 1. The van der Waals surface area contributed by atoms with Crippen molar-refractivity contribution < 1.29 is 9.18 Å². The smallest absolute Gasteiger partial charge is 0.257 e. The van der Waals surface area contributed by atoms with E-state index in [4.69, 9.17) is 11.6 Å². The zero-order valence-corrected chi connectivity index (χ0v) is 15.0. The fourth-order valence-corrected chi connectivity index (χ4v) is 2.94. The summed E-state index contributed by atoms with van der Waals surface area (Å²) in [5.74, 6) is -0.949. The van der Waals surface area contributed by atoms with Crippen LogP contribution in [-0.2, 0) is 0 Å². The highest BCUT2D eigenvalue weighted by molar-refractivity contribution is 6.31. The van der Waals surface area contributed by atoms with Crippen LogP contribution in [0, 0.1) is 5.82 Å². The number of piperazine rings is 1. The standard InChI is InChI=1S/C16H15ClFN3O.2ClH/c17-13-4-2-1-3-11(13)15-10-20-7-8-21(15)16(22)12-5-6-19-9-14(12)18;;/h1-6,9,15,20H,7-8,10H2;2*1H. The molecule has 2 heterocycles. The molecule has 1 amide bonds. The largest absolute Gasteiger partial charge is 0.329 e. The molecule has 1 N–H and O–H groups in total. The molecule has 8 heteroatoms. The quantitative estimate of drug-likeness (QED) is 0.851. The SMILES string of the molecule is Cl.Cl.O=C(c1ccncc1F)N1CCNCC1c1ccccc1Cl. The second-order valence-corrected chi connectivity index (χ2v) is 5.50. The van der Waals surface area contributed by atoms with Gasteiger partial charge in [0.05, 0.1) is 17.8 Å². The highest BCUT2D eigenvalue weighted by Crippen LogP contribution is 2.29. The number of nitrogens with one attached hydrogen (secondary N) is 1. The van der Waals surface area contributed by atoms with Gasteiger partial charge >= 0.3 is 0 Å². The van der Waals surface area contributed by atoms with E-state index >= 15 is 0 Å². The molecule has 1 unspecified atom stereocenters. The third kappa shape index (κ3) is 4.16. The Labute approximate surface area is 157 Å². The summed E-state index contributed by atoms with van der Waals surface area (Å²) in [6.07, 6.45) is 2.48. The third-order valence-corrected chi connectivity index (χ3v) is 4.12. The van der Waals surface area contributed by atoms with Crippen molar-refractivity contribution in [2.45, 2.75) is 6.04 Å². The van der Waals surface area contributed by atoms with E-state index in [0.717, 1.165) is 11.8 Å². The van der Waals surface area contributed by atoms with Crippen molar-refractivity contribution in [2.24, 2.45) is 0 Å². The Hall–Kier alpha value is -1.40. The first-order valence-electron chi connectivity index (χ1n) is 7.04. The molecule has 3 rings (SSSR count). The molecule has 0 aliphatic carbocycles. The molecular weight excluding hydrogens is 376 g/mol. The Morgan fingerprint density at radius 3 is 2.75 bits per heavy atom. The highest BCUT2D eigenvalue weighted by atomic mass is 35.5. The number of amides is 1. The number of carbonyl (C=O) groups excluding carboxylic acids is 1. The molecule has 0 saturated carbocycles. The molecule has 1 aromatic carbocycles. The highest BCUT2D eigenvalue weighted by Gasteiger charge is 2.30. The van der Waals surface area contributed by atoms with Crippen LogP contribution in [0.15, 0.2) is 42.7 Å². The Bertz CT molecular complexity index is 702. The maximum Gasteiger partial charge on any atom is 0.257 e. The zero-order valence-electron chi connectivity index (χ0n) is 12.6. The third-order valence-electron chi connectivity index (χ3n) is 3.77. The summed E-state index contributed by atoms with van der Waals surface area (Å²) >= 11 is 6.26. The molecule has 4 nitrogen and oxygen atoms in total. The van der Waals surface area contributed by atoms with Crippen LogP contribution >= 0.6 is 36.4 Å². The number of rotatable bonds is 2. The van der Waals surface area contributed by atoms with Crippen molar-refractivity contribution >= 4 is 42.3 Å². The molecule has 1 aromatic heterocycles. The predicted octanol–water partition coefficient (Wildman–Crippen LogP) is 3.50. The van der Waals surface area contributed by atoms with Crippen molar-refractivity contribution in [3.05, 3.63) is 64.7 Å². The van der Waals surface area contributed by atoms with Crippen LogP contribution in [0.1, 0.15) is 22.0 Å². The molecule has 1 aliphatic heterocycles. The van der Waals surface area contributed by atoms with E-state index in [-0.39, 0.29) is 42.3 Å². The van der Waals surface area contributed by atoms with Gasteiger partial charge in [-0.1, -0.05) is 29.8 Å². The van der Waals surface area contributed by atoms with E-state index in [1.165, 1.54) is 12.3 Å². The molecule has 1 saturated heterocycles. The van der Waals surface area contributed by atoms with Crippen LogP contribution in [0.4, 0.5) is 4.39 Å². The summed E-state index contributed by atoms with van der Waals surface area (Å²) in [6, 6.07) is 8.60. The van der Waals surface area contributed by atoms with Crippen molar-refractivity contribution in [2.75, 3.05) is 19.6 Å². The minimum absolute atomic E-state index is 0. The minimum atomic E-state index is -0.607. The Morgan fingerprint density at radius 2 is 2.04 bits per heavy atom. The molecule has 1 aliphatic rings. The summed E-state index contributed by atoms with van der Waals surface area (Å²) in [5, 5.41) is 3.85. The first-order valence-corrected chi connectivity index (χ1v) is 7.42. The topological polar surface area (TPSA) is 45.2 Å². The average Bonchev–Trinajstić information content (AvgIpc) is 2.55. The molecule has 0 bridgehead atoms. The number of hydrogen-bond acceptors (Lipinski definition) is 3. The number of hydrogen-bond donors (Lipinski definition) is 1. The van der Waals surface area contributed by atoms with E-state index in [2.05, 4.69) is 10.3 Å². The lowest BCUT2D eigenvalue weighted by molar-refractivity contribution is 0.0629. The summed E-state index contributed by atoms with van der Waals surface area (Å²) in [7, 11) is 0. The van der Waals surface area contributed by atoms with E-state index < -0.39 is 5.82 Å². The summed E-state index contributed by atoms with van der Waals surface area (Å²) in [4.78, 5) is 18.1. The fourth-order valence-electron chi connectivity index (χ4n) is 2.67. The summed E-state index contributed by atoms with van der Waals surface area (Å²) in [5.41, 5.74) is 0.896. The molecular formula is C16H17Cl3FN3O. The lowest BCUT2D eigenvalue weighted by atomic mass is 10.0. The van der Waals surface area contributed by atoms with Crippen molar-refractivity contribution in [3.63, 3.8) is 0 Å². The maximum atomic E-state index is 13.9. The molecule has 2 aromatic rings. The average molecular weight is 393 g/mol. The van der Waals surface area contributed by atoms with Crippen LogP contribution in [0.3, 0.4) is 0 Å². The van der Waals surface area contributed by atoms with Gasteiger partial charge in [-0.05, 0) is 17.7 Å². The predicted molar refractivity (Wildman–Crippen MR) is 96.8 cm³/mol. The van der Waals surface area contributed by atoms with Gasteiger partial charge in [-0.2, -0.15) is 0 Å². The summed E-state index contributed by atoms with van der Waals surface area (Å²) < 4.78 is 13.9. The van der Waals surface area contributed by atoms with Gasteiger partial charge in [-0.25, -0.2) is 4.39 Å². The van der Waals surface area contributed by atoms with Crippen molar-refractivity contribution in [1.82, 2.24) is 15.2 Å². The zero-order chi connectivity index (χ0) is 15.5. The van der Waals surface area contributed by atoms with Gasteiger partial charge in [0.25, 0.3) is 5.91 Å². The van der Waals surface area contributed by atoms with Gasteiger partial charge in [-0.15, -0.1) is 24.8 Å². The van der Waals surface area contributed by atoms with Crippen LogP contribution in [0.2, 0.25) is 5.02 Å². The van der Waals surface area contributed by atoms with Gasteiger partial charge in [0.2, 0.25) is 0 Å². The van der Waals surface area contributed by atoms with E-state index in [1.54, 1.807) is 11.0 Å². The van der Waals surface area contributed by atoms with E-state index in [0.29, 0.717) is 24.7 Å². The first-order chi connectivity index (χ1) is 10.7. The molecule has 0 radical (unpaired) electrons. The molecule has 1 atom stereocenters. The lowest BCUT2D eigenvalue weighted by Gasteiger charge is -2.37. The second kappa shape index (κ2) is 9.18. The molecule has 1 fully saturated rings. The molecule has 24 heavy (non-hydrogen) atoms. The maximum absolute atomic E-state index is 13.9. The first kappa shape index (κ1) is 20.6. The van der Waals surface area contributed by atoms with Gasteiger partial charge < -0.3 is 10.2 Å². The van der Waals surface area contributed by atoms with Gasteiger partial charge in [-0.3, -0.25) is 9.78 Å². The van der Waals surface area contributed by atoms with Crippen LogP contribution in [0.25, 0.3) is 0 Å². The number of pyridine rings is 1. The molecule has 130 valence electrons. The van der Waals surface area contributed by atoms with Crippen LogP contribution in [-0.4, -0.2) is 35.4 Å². The number of nitrogens with zero attached hydrogens (tertiary/aromatic N) is 2. The van der Waals surface area contributed by atoms with Crippen LogP contribution in [0.5, 0.6) is 0 Å². The van der Waals surface area contributed by atoms with Gasteiger partial charge in [0, 0.05) is 30.9 Å².